The van der Waals surface area contributed by atoms with Crippen LogP contribution in [0.15, 0.2) is 12.5 Å². The lowest BCUT2D eigenvalue weighted by Gasteiger charge is -2.09. The van der Waals surface area contributed by atoms with Gasteiger partial charge in [0.2, 0.25) is 0 Å². The molecule has 1 aromatic heterocycles. The Bertz CT molecular complexity index is 331. The maximum Gasteiger partial charge on any atom is 0.0949 e. The van der Waals surface area contributed by atoms with Gasteiger partial charge in [-0.2, -0.15) is 0 Å². The first kappa shape index (κ1) is 12.6. The molecule has 1 aromatic rings. The van der Waals surface area contributed by atoms with E-state index < -0.39 is 0 Å². The summed E-state index contributed by atoms with van der Waals surface area (Å²) >= 11 is 0. The summed E-state index contributed by atoms with van der Waals surface area (Å²) in [5.41, 5.74) is 7.02. The standard InChI is InChI=1S/C13H23N3O/c1-2-11(14)8-12-9-16(10-15-12)6-5-13-4-3-7-17-13/h9-11,13H,2-8,14H2,1H3. The summed E-state index contributed by atoms with van der Waals surface area (Å²) in [6.45, 7) is 4.04. The molecule has 4 heteroatoms. The van der Waals surface area contributed by atoms with Crippen LogP contribution < -0.4 is 5.73 Å². The number of nitrogens with two attached hydrogens (primary N) is 1. The molecule has 1 aliphatic heterocycles. The molecular formula is C13H23N3O. The van der Waals surface area contributed by atoms with Crippen LogP contribution in [-0.2, 0) is 17.7 Å². The normalized spacial score (nSPS) is 21.9. The van der Waals surface area contributed by atoms with Crippen LogP contribution in [0.25, 0.3) is 0 Å². The molecule has 0 spiro atoms. The fraction of sp³-hybridized carbons (Fsp3) is 0.769. The molecule has 2 rings (SSSR count). The van der Waals surface area contributed by atoms with Gasteiger partial charge in [0, 0.05) is 31.8 Å². The Kier molecular flexibility index (Phi) is 4.57. The molecule has 0 amide bonds. The highest BCUT2D eigenvalue weighted by Crippen LogP contribution is 2.16. The molecule has 0 bridgehead atoms. The number of nitrogens with zero attached hydrogens (tertiary/aromatic N) is 2. The number of imidazole rings is 1. The van der Waals surface area contributed by atoms with Crippen molar-refractivity contribution in [3.05, 3.63) is 18.2 Å². The molecule has 0 saturated carbocycles. The number of hydrogen-bond donors (Lipinski definition) is 1. The molecule has 1 fully saturated rings. The van der Waals surface area contributed by atoms with Gasteiger partial charge in [0.15, 0.2) is 0 Å². The van der Waals surface area contributed by atoms with Crippen LogP contribution in [-0.4, -0.2) is 28.3 Å². The van der Waals surface area contributed by atoms with Crippen LogP contribution in [0, 0.1) is 0 Å². The fourth-order valence-electron chi connectivity index (χ4n) is 2.21. The second kappa shape index (κ2) is 6.17. The Hall–Kier alpha value is -0.870. The summed E-state index contributed by atoms with van der Waals surface area (Å²) in [5, 5.41) is 0. The van der Waals surface area contributed by atoms with E-state index in [4.69, 9.17) is 10.5 Å². The Morgan fingerprint density at radius 1 is 1.65 bits per heavy atom. The molecule has 2 atom stereocenters. The van der Waals surface area contributed by atoms with Gasteiger partial charge < -0.3 is 15.0 Å². The van der Waals surface area contributed by atoms with E-state index in [9.17, 15) is 0 Å². The van der Waals surface area contributed by atoms with Gasteiger partial charge in [0.1, 0.15) is 0 Å². The lowest BCUT2D eigenvalue weighted by molar-refractivity contribution is 0.100. The second-order valence-corrected chi connectivity index (χ2v) is 4.90. The lowest BCUT2D eigenvalue weighted by Crippen LogP contribution is -2.21. The molecule has 96 valence electrons. The molecule has 0 aliphatic carbocycles. The fourth-order valence-corrected chi connectivity index (χ4v) is 2.21. The Balaban J connectivity index is 1.77. The average molecular weight is 237 g/mol. The van der Waals surface area contributed by atoms with Gasteiger partial charge in [-0.05, 0) is 25.7 Å². The van der Waals surface area contributed by atoms with E-state index in [2.05, 4.69) is 22.7 Å². The van der Waals surface area contributed by atoms with Crippen molar-refractivity contribution >= 4 is 0 Å². The summed E-state index contributed by atoms with van der Waals surface area (Å²) in [6, 6.07) is 0.233. The number of rotatable bonds is 6. The smallest absolute Gasteiger partial charge is 0.0949 e. The zero-order chi connectivity index (χ0) is 12.1. The lowest BCUT2D eigenvalue weighted by atomic mass is 10.1. The summed E-state index contributed by atoms with van der Waals surface area (Å²) in [4.78, 5) is 4.39. The highest BCUT2D eigenvalue weighted by atomic mass is 16.5. The van der Waals surface area contributed by atoms with Crippen molar-refractivity contribution in [3.8, 4) is 0 Å². The molecule has 17 heavy (non-hydrogen) atoms. The van der Waals surface area contributed by atoms with E-state index in [1.54, 1.807) is 0 Å². The highest BCUT2D eigenvalue weighted by molar-refractivity contribution is 4.99. The minimum atomic E-state index is 0.233. The van der Waals surface area contributed by atoms with Crippen molar-refractivity contribution in [2.24, 2.45) is 5.73 Å². The van der Waals surface area contributed by atoms with Crippen molar-refractivity contribution in [1.82, 2.24) is 9.55 Å². The minimum Gasteiger partial charge on any atom is -0.378 e. The van der Waals surface area contributed by atoms with E-state index in [-0.39, 0.29) is 6.04 Å². The molecule has 1 saturated heterocycles. The predicted molar refractivity (Wildman–Crippen MR) is 67.8 cm³/mol. The number of aryl methyl sites for hydroxylation is 1. The van der Waals surface area contributed by atoms with Gasteiger partial charge in [0.05, 0.1) is 18.1 Å². The van der Waals surface area contributed by atoms with Gasteiger partial charge in [-0.1, -0.05) is 6.92 Å². The SMILES string of the molecule is CCC(N)Cc1cn(CCC2CCCO2)cn1. The van der Waals surface area contributed by atoms with E-state index in [1.165, 1.54) is 12.8 Å². The molecule has 0 aromatic carbocycles. The Labute approximate surface area is 103 Å². The predicted octanol–water partition coefficient (Wildman–Crippen LogP) is 1.73. The van der Waals surface area contributed by atoms with Gasteiger partial charge in [-0.15, -0.1) is 0 Å². The van der Waals surface area contributed by atoms with Crippen molar-refractivity contribution in [3.63, 3.8) is 0 Å². The quantitative estimate of drug-likeness (QED) is 0.820. The highest BCUT2D eigenvalue weighted by Gasteiger charge is 2.15. The van der Waals surface area contributed by atoms with Crippen molar-refractivity contribution in [1.29, 1.82) is 0 Å². The van der Waals surface area contributed by atoms with E-state index >= 15 is 0 Å². The van der Waals surface area contributed by atoms with Crippen LogP contribution in [0.4, 0.5) is 0 Å². The van der Waals surface area contributed by atoms with E-state index in [0.717, 1.165) is 38.1 Å². The van der Waals surface area contributed by atoms with Gasteiger partial charge in [0.25, 0.3) is 0 Å². The first-order valence-corrected chi connectivity index (χ1v) is 6.65. The number of ether oxygens (including phenoxy) is 1. The molecule has 4 nitrogen and oxygen atoms in total. The minimum absolute atomic E-state index is 0.233. The topological polar surface area (TPSA) is 53.1 Å². The van der Waals surface area contributed by atoms with Crippen LogP contribution in [0.1, 0.15) is 38.3 Å². The molecule has 1 aliphatic rings. The van der Waals surface area contributed by atoms with Gasteiger partial charge in [-0.3, -0.25) is 0 Å². The largest absolute Gasteiger partial charge is 0.378 e. The van der Waals surface area contributed by atoms with Crippen LogP contribution >= 0.6 is 0 Å². The second-order valence-electron chi connectivity index (χ2n) is 4.90. The van der Waals surface area contributed by atoms with Gasteiger partial charge >= 0.3 is 0 Å². The first-order chi connectivity index (χ1) is 8.28. The average Bonchev–Trinajstić information content (AvgIpc) is 2.97. The number of aromatic nitrogens is 2. The Morgan fingerprint density at radius 2 is 2.53 bits per heavy atom. The maximum absolute atomic E-state index is 5.92. The first-order valence-electron chi connectivity index (χ1n) is 6.65. The third-order valence-electron chi connectivity index (χ3n) is 3.42. The third kappa shape index (κ3) is 3.82. The zero-order valence-electron chi connectivity index (χ0n) is 10.6. The van der Waals surface area contributed by atoms with E-state index in [0.29, 0.717) is 6.10 Å². The summed E-state index contributed by atoms with van der Waals surface area (Å²) in [5.74, 6) is 0. The maximum atomic E-state index is 5.92. The monoisotopic (exact) mass is 237 g/mol. The van der Waals surface area contributed by atoms with Crippen LogP contribution in [0.3, 0.4) is 0 Å². The van der Waals surface area contributed by atoms with Crippen LogP contribution in [0.5, 0.6) is 0 Å². The third-order valence-corrected chi connectivity index (χ3v) is 3.42. The zero-order valence-corrected chi connectivity index (χ0v) is 10.6. The molecule has 2 N–H and O–H groups in total. The summed E-state index contributed by atoms with van der Waals surface area (Å²) in [6.07, 6.45) is 9.88. The summed E-state index contributed by atoms with van der Waals surface area (Å²) in [7, 11) is 0. The van der Waals surface area contributed by atoms with Crippen molar-refractivity contribution in [2.75, 3.05) is 6.61 Å². The van der Waals surface area contributed by atoms with Crippen molar-refractivity contribution < 1.29 is 4.74 Å². The summed E-state index contributed by atoms with van der Waals surface area (Å²) < 4.78 is 7.76. The number of hydrogen-bond acceptors (Lipinski definition) is 3. The molecule has 2 heterocycles. The van der Waals surface area contributed by atoms with E-state index in [1.807, 2.05) is 6.33 Å². The molecule has 2 unspecified atom stereocenters. The molecule has 0 radical (unpaired) electrons. The van der Waals surface area contributed by atoms with Crippen LogP contribution in [0.2, 0.25) is 0 Å². The van der Waals surface area contributed by atoms with Crippen molar-refractivity contribution in [2.45, 2.75) is 57.7 Å². The van der Waals surface area contributed by atoms with Gasteiger partial charge in [-0.25, -0.2) is 4.98 Å². The Morgan fingerprint density at radius 3 is 3.24 bits per heavy atom. The molecular weight excluding hydrogens is 214 g/mol.